The molecule has 5 aromatic rings. The predicted molar refractivity (Wildman–Crippen MR) is 141 cm³/mol. The monoisotopic (exact) mass is 533 g/mol. The van der Waals surface area contributed by atoms with Gasteiger partial charge in [0, 0.05) is 18.2 Å². The Hall–Kier alpha value is -4.51. The lowest BCUT2D eigenvalue weighted by molar-refractivity contribution is 0.0687. The van der Waals surface area contributed by atoms with E-state index in [0.29, 0.717) is 57.4 Å². The lowest BCUT2D eigenvalue weighted by Gasteiger charge is -2.16. The van der Waals surface area contributed by atoms with E-state index in [1.165, 1.54) is 14.2 Å². The summed E-state index contributed by atoms with van der Waals surface area (Å²) in [7, 11) is 3.07. The van der Waals surface area contributed by atoms with Crippen molar-refractivity contribution in [2.45, 2.75) is 13.5 Å². The number of fused-ring (bicyclic) bond motifs is 3. The third-order valence-electron chi connectivity index (χ3n) is 6.46. The Kier molecular flexibility index (Phi) is 5.91. The standard InChI is InChI=1S/C27H23N3O7S/c1-4-35-25-21(33-2)11-18-23(26(25)34-3)22(15-6-8-19-20(10-15)37-13-36-19)24(27(31)32)30(18)12-14-5-7-16-17(9-14)29-38-28-16/h5-11H,4,12-13H2,1-3H3,(H,31,32). The zero-order chi connectivity index (χ0) is 26.4. The second-order valence-corrected chi connectivity index (χ2v) is 9.07. The summed E-state index contributed by atoms with van der Waals surface area (Å²) >= 11 is 1.14. The molecule has 11 heteroatoms. The fraction of sp³-hybridized carbons (Fsp3) is 0.222. The van der Waals surface area contributed by atoms with Gasteiger partial charge in [-0.25, -0.2) is 4.79 Å². The van der Waals surface area contributed by atoms with E-state index in [2.05, 4.69) is 8.75 Å². The maximum atomic E-state index is 12.9. The Labute approximate surface area is 221 Å². The van der Waals surface area contributed by atoms with Gasteiger partial charge in [-0.2, -0.15) is 8.75 Å². The summed E-state index contributed by atoms with van der Waals surface area (Å²) in [5.74, 6) is 1.26. The first kappa shape index (κ1) is 23.9. The third-order valence-corrected chi connectivity index (χ3v) is 7.02. The number of rotatable bonds is 8. The molecule has 0 bridgehead atoms. The average molecular weight is 534 g/mol. The van der Waals surface area contributed by atoms with E-state index in [1.807, 2.05) is 31.2 Å². The van der Waals surface area contributed by atoms with E-state index in [9.17, 15) is 9.90 Å². The van der Waals surface area contributed by atoms with Gasteiger partial charge >= 0.3 is 5.97 Å². The minimum absolute atomic E-state index is 0.0874. The van der Waals surface area contributed by atoms with Gasteiger partial charge in [0.25, 0.3) is 0 Å². The topological polar surface area (TPSA) is 114 Å². The van der Waals surface area contributed by atoms with E-state index >= 15 is 0 Å². The van der Waals surface area contributed by atoms with Crippen LogP contribution in [0.3, 0.4) is 0 Å². The van der Waals surface area contributed by atoms with Crippen LogP contribution in [0.25, 0.3) is 33.1 Å². The molecule has 0 aliphatic carbocycles. The predicted octanol–water partition coefficient (Wildman–Crippen LogP) is 5.20. The lowest BCUT2D eigenvalue weighted by Crippen LogP contribution is -2.10. The van der Waals surface area contributed by atoms with Crippen molar-refractivity contribution < 1.29 is 33.6 Å². The van der Waals surface area contributed by atoms with Crippen LogP contribution in [0, 0.1) is 0 Å². The molecule has 0 fully saturated rings. The van der Waals surface area contributed by atoms with Gasteiger partial charge in [-0.15, -0.1) is 0 Å². The first-order valence-electron chi connectivity index (χ1n) is 11.8. The molecule has 0 amide bonds. The average Bonchev–Trinajstić information content (AvgIpc) is 3.65. The van der Waals surface area contributed by atoms with Crippen LogP contribution in [-0.2, 0) is 6.54 Å². The van der Waals surface area contributed by atoms with Crippen molar-refractivity contribution in [2.24, 2.45) is 0 Å². The van der Waals surface area contributed by atoms with Gasteiger partial charge in [0.15, 0.2) is 23.0 Å². The molecular weight excluding hydrogens is 510 g/mol. The number of carboxylic acids is 1. The van der Waals surface area contributed by atoms with Crippen molar-refractivity contribution in [3.8, 4) is 39.9 Å². The number of carboxylic acid groups (broad SMARTS) is 1. The molecule has 1 aliphatic rings. The van der Waals surface area contributed by atoms with Gasteiger partial charge in [-0.1, -0.05) is 12.1 Å². The van der Waals surface area contributed by atoms with E-state index in [4.69, 9.17) is 23.7 Å². The maximum Gasteiger partial charge on any atom is 0.353 e. The van der Waals surface area contributed by atoms with Crippen molar-refractivity contribution in [2.75, 3.05) is 27.6 Å². The van der Waals surface area contributed by atoms with Crippen LogP contribution in [0.15, 0.2) is 42.5 Å². The fourth-order valence-electron chi connectivity index (χ4n) is 4.89. The molecule has 1 N–H and O–H groups in total. The molecule has 0 saturated carbocycles. The smallest absolute Gasteiger partial charge is 0.353 e. The second kappa shape index (κ2) is 9.42. The summed E-state index contributed by atoms with van der Waals surface area (Å²) in [5.41, 5.74) is 4.23. The third kappa shape index (κ3) is 3.74. The summed E-state index contributed by atoms with van der Waals surface area (Å²) in [6, 6.07) is 12.9. The Morgan fingerprint density at radius 2 is 1.84 bits per heavy atom. The molecule has 0 unspecified atom stereocenters. The number of methoxy groups -OCH3 is 2. The number of nitrogens with zero attached hydrogens (tertiary/aromatic N) is 3. The molecule has 194 valence electrons. The highest BCUT2D eigenvalue weighted by Crippen LogP contribution is 2.50. The molecule has 0 spiro atoms. The highest BCUT2D eigenvalue weighted by Gasteiger charge is 2.31. The van der Waals surface area contributed by atoms with Crippen LogP contribution >= 0.6 is 11.7 Å². The number of carbonyl (C=O) groups is 1. The van der Waals surface area contributed by atoms with Gasteiger partial charge in [-0.05, 0) is 42.3 Å². The van der Waals surface area contributed by atoms with Gasteiger partial charge in [-0.3, -0.25) is 0 Å². The van der Waals surface area contributed by atoms with Crippen LogP contribution in [0.2, 0.25) is 0 Å². The van der Waals surface area contributed by atoms with Crippen molar-refractivity contribution >= 4 is 39.6 Å². The van der Waals surface area contributed by atoms with Crippen LogP contribution < -0.4 is 23.7 Å². The molecule has 10 nitrogen and oxygen atoms in total. The van der Waals surface area contributed by atoms with Crippen molar-refractivity contribution in [1.29, 1.82) is 0 Å². The van der Waals surface area contributed by atoms with Crippen LogP contribution in [0.4, 0.5) is 0 Å². The number of hydrogen-bond donors (Lipinski definition) is 1. The molecular formula is C27H23N3O7S. The van der Waals surface area contributed by atoms with E-state index < -0.39 is 5.97 Å². The van der Waals surface area contributed by atoms with Gasteiger partial charge < -0.3 is 33.4 Å². The zero-order valence-electron chi connectivity index (χ0n) is 20.8. The van der Waals surface area contributed by atoms with Gasteiger partial charge in [0.2, 0.25) is 12.5 Å². The maximum absolute atomic E-state index is 12.9. The first-order valence-corrected chi connectivity index (χ1v) is 12.6. The highest BCUT2D eigenvalue weighted by atomic mass is 32.1. The Bertz CT molecular complexity index is 1710. The van der Waals surface area contributed by atoms with Crippen molar-refractivity contribution in [3.05, 3.63) is 53.7 Å². The summed E-state index contributed by atoms with van der Waals surface area (Å²) in [6.07, 6.45) is 0. The number of benzene rings is 3. The summed E-state index contributed by atoms with van der Waals surface area (Å²) in [6.45, 7) is 2.59. The molecule has 0 radical (unpaired) electrons. The number of hydrogen-bond acceptors (Lipinski definition) is 9. The Morgan fingerprint density at radius 3 is 2.61 bits per heavy atom. The molecule has 3 aromatic carbocycles. The van der Waals surface area contributed by atoms with E-state index in [0.717, 1.165) is 28.3 Å². The van der Waals surface area contributed by atoms with E-state index in [1.54, 1.807) is 22.8 Å². The molecule has 2 aromatic heterocycles. The zero-order valence-corrected chi connectivity index (χ0v) is 21.6. The molecule has 38 heavy (non-hydrogen) atoms. The highest BCUT2D eigenvalue weighted by molar-refractivity contribution is 7.00. The Morgan fingerprint density at radius 1 is 1.03 bits per heavy atom. The van der Waals surface area contributed by atoms with Crippen LogP contribution in [-0.4, -0.2) is 52.0 Å². The minimum Gasteiger partial charge on any atom is -0.493 e. The van der Waals surface area contributed by atoms with Crippen molar-refractivity contribution in [3.63, 3.8) is 0 Å². The van der Waals surface area contributed by atoms with Crippen LogP contribution in [0.1, 0.15) is 23.0 Å². The van der Waals surface area contributed by atoms with E-state index in [-0.39, 0.29) is 19.0 Å². The van der Waals surface area contributed by atoms with Gasteiger partial charge in [0.05, 0.1) is 43.5 Å². The first-order chi connectivity index (χ1) is 18.5. The number of ether oxygens (including phenoxy) is 5. The summed E-state index contributed by atoms with van der Waals surface area (Å²) < 4.78 is 38.9. The summed E-state index contributed by atoms with van der Waals surface area (Å²) in [4.78, 5) is 12.9. The van der Waals surface area contributed by atoms with Gasteiger partial charge in [0.1, 0.15) is 16.7 Å². The van der Waals surface area contributed by atoms with Crippen LogP contribution in [0.5, 0.6) is 28.7 Å². The SMILES string of the molecule is CCOc1c(OC)cc2c(c1OC)c(-c1ccc3c(c1)OCO3)c(C(=O)O)n2Cc1ccc2nsnc2c1. The normalized spacial score (nSPS) is 12.3. The molecule has 0 atom stereocenters. The minimum atomic E-state index is -1.09. The number of aromatic carboxylic acids is 1. The quantitative estimate of drug-likeness (QED) is 0.287. The molecule has 3 heterocycles. The lowest BCUT2D eigenvalue weighted by atomic mass is 10.00. The fourth-order valence-corrected chi connectivity index (χ4v) is 5.41. The molecule has 1 aliphatic heterocycles. The van der Waals surface area contributed by atoms with Crippen molar-refractivity contribution in [1.82, 2.24) is 13.3 Å². The Balaban J connectivity index is 1.69. The molecule has 0 saturated heterocycles. The number of aromatic nitrogens is 3. The summed E-state index contributed by atoms with van der Waals surface area (Å²) in [5, 5.41) is 11.2. The second-order valence-electron chi connectivity index (χ2n) is 8.54. The largest absolute Gasteiger partial charge is 0.493 e. The molecule has 6 rings (SSSR count).